The summed E-state index contributed by atoms with van der Waals surface area (Å²) in [7, 11) is 0. The zero-order valence-corrected chi connectivity index (χ0v) is 10.8. The van der Waals surface area contributed by atoms with Gasteiger partial charge in [0.15, 0.2) is 0 Å². The van der Waals surface area contributed by atoms with Gasteiger partial charge < -0.3 is 5.73 Å². The van der Waals surface area contributed by atoms with Gasteiger partial charge in [0.2, 0.25) is 0 Å². The quantitative estimate of drug-likeness (QED) is 0.668. The van der Waals surface area contributed by atoms with E-state index in [4.69, 9.17) is 5.73 Å². The zero-order chi connectivity index (χ0) is 11.4. The largest absolute Gasteiger partial charge is 0.399 e. The topological polar surface area (TPSA) is 38.9 Å². The molecule has 0 fully saturated rings. The van der Waals surface area contributed by atoms with E-state index in [0.29, 0.717) is 0 Å². The fraction of sp³-hybridized carbons (Fsp3) is 0.250. The molecule has 1 heterocycles. The summed E-state index contributed by atoms with van der Waals surface area (Å²) in [5.41, 5.74) is 9.10. The monoisotopic (exact) mass is 250 g/mol. The fourth-order valence-corrected chi connectivity index (χ4v) is 3.30. The Hall–Kier alpha value is -1.00. The van der Waals surface area contributed by atoms with Gasteiger partial charge in [-0.15, -0.1) is 11.3 Å². The van der Waals surface area contributed by atoms with Gasteiger partial charge in [-0.2, -0.15) is 0 Å². The number of hydrogen-bond acceptors (Lipinski definition) is 4. The first-order valence-corrected chi connectivity index (χ1v) is 7.00. The van der Waals surface area contributed by atoms with Crippen LogP contribution >= 0.6 is 23.1 Å². The van der Waals surface area contributed by atoms with E-state index in [1.165, 1.54) is 5.56 Å². The van der Waals surface area contributed by atoms with Gasteiger partial charge in [-0.25, -0.2) is 4.98 Å². The lowest BCUT2D eigenvalue weighted by Gasteiger charge is -2.03. The average Bonchev–Trinajstić information content (AvgIpc) is 2.67. The standard InChI is InChI=1S/C12H14N2S2/c1-9-8-16-12(14-9)15-7-6-10-4-2-3-5-11(10)13/h2-5,8H,6-7,13H2,1H3. The van der Waals surface area contributed by atoms with Crippen LogP contribution < -0.4 is 5.73 Å². The fourth-order valence-electron chi connectivity index (χ4n) is 1.41. The zero-order valence-electron chi connectivity index (χ0n) is 9.14. The molecule has 16 heavy (non-hydrogen) atoms. The molecular formula is C12H14N2S2. The molecule has 0 unspecified atom stereocenters. The van der Waals surface area contributed by atoms with E-state index in [-0.39, 0.29) is 0 Å². The maximum absolute atomic E-state index is 5.88. The molecule has 0 amide bonds. The van der Waals surface area contributed by atoms with Crippen molar-refractivity contribution in [3.8, 4) is 0 Å². The number of nitrogens with two attached hydrogens (primary N) is 1. The molecule has 2 nitrogen and oxygen atoms in total. The summed E-state index contributed by atoms with van der Waals surface area (Å²) in [5.74, 6) is 1.03. The van der Waals surface area contributed by atoms with Crippen molar-refractivity contribution in [1.29, 1.82) is 0 Å². The second-order valence-electron chi connectivity index (χ2n) is 3.55. The first-order valence-electron chi connectivity index (χ1n) is 5.14. The highest BCUT2D eigenvalue weighted by Gasteiger charge is 2.01. The van der Waals surface area contributed by atoms with Crippen molar-refractivity contribution in [2.45, 2.75) is 17.7 Å². The third kappa shape index (κ3) is 3.00. The van der Waals surface area contributed by atoms with Gasteiger partial charge in [0.25, 0.3) is 0 Å². The predicted octanol–water partition coefficient (Wildman–Crippen LogP) is 3.37. The lowest BCUT2D eigenvalue weighted by molar-refractivity contribution is 1.13. The number of nitrogen functional groups attached to an aromatic ring is 1. The second kappa shape index (κ2) is 5.37. The normalized spacial score (nSPS) is 10.6. The van der Waals surface area contributed by atoms with E-state index in [1.54, 1.807) is 23.1 Å². The number of nitrogens with zero attached hydrogens (tertiary/aromatic N) is 1. The van der Waals surface area contributed by atoms with E-state index in [2.05, 4.69) is 16.4 Å². The van der Waals surface area contributed by atoms with Crippen LogP contribution in [0.25, 0.3) is 0 Å². The highest BCUT2D eigenvalue weighted by molar-refractivity contribution is 8.01. The number of aryl methyl sites for hydroxylation is 2. The highest BCUT2D eigenvalue weighted by atomic mass is 32.2. The van der Waals surface area contributed by atoms with Crippen molar-refractivity contribution < 1.29 is 0 Å². The van der Waals surface area contributed by atoms with Gasteiger partial charge in [-0.1, -0.05) is 30.0 Å². The Kier molecular flexibility index (Phi) is 3.85. The molecular weight excluding hydrogens is 236 g/mol. The summed E-state index contributed by atoms with van der Waals surface area (Å²) in [5, 5.41) is 2.08. The van der Waals surface area contributed by atoms with Gasteiger partial charge in [-0.05, 0) is 25.0 Å². The molecule has 4 heteroatoms. The van der Waals surface area contributed by atoms with Crippen LogP contribution in [0.2, 0.25) is 0 Å². The summed E-state index contributed by atoms with van der Waals surface area (Å²) in [6, 6.07) is 8.04. The molecule has 0 saturated carbocycles. The summed E-state index contributed by atoms with van der Waals surface area (Å²) < 4.78 is 1.15. The molecule has 0 aliphatic heterocycles. The molecule has 2 aromatic rings. The van der Waals surface area contributed by atoms with E-state index < -0.39 is 0 Å². The third-order valence-corrected chi connectivity index (χ3v) is 4.39. The number of hydrogen-bond donors (Lipinski definition) is 1. The van der Waals surface area contributed by atoms with Crippen LogP contribution in [-0.2, 0) is 6.42 Å². The Morgan fingerprint density at radius 1 is 1.38 bits per heavy atom. The van der Waals surface area contributed by atoms with Gasteiger partial charge in [-0.3, -0.25) is 0 Å². The number of anilines is 1. The number of rotatable bonds is 4. The summed E-state index contributed by atoms with van der Waals surface area (Å²) >= 11 is 3.51. The Morgan fingerprint density at radius 2 is 2.19 bits per heavy atom. The van der Waals surface area contributed by atoms with Gasteiger partial charge in [0, 0.05) is 22.5 Å². The summed E-state index contributed by atoms with van der Waals surface area (Å²) in [6.07, 6.45) is 0.996. The van der Waals surface area contributed by atoms with Gasteiger partial charge in [0.05, 0.1) is 0 Å². The van der Waals surface area contributed by atoms with Crippen LogP contribution in [0.3, 0.4) is 0 Å². The molecule has 1 aromatic heterocycles. The molecule has 0 bridgehead atoms. The van der Waals surface area contributed by atoms with Crippen LogP contribution in [-0.4, -0.2) is 10.7 Å². The highest BCUT2D eigenvalue weighted by Crippen LogP contribution is 2.24. The molecule has 2 rings (SSSR count). The molecule has 0 saturated heterocycles. The number of benzene rings is 1. The molecule has 0 radical (unpaired) electrons. The number of thiazole rings is 1. The number of para-hydroxylation sites is 1. The molecule has 84 valence electrons. The molecule has 0 aliphatic rings. The second-order valence-corrected chi connectivity index (χ2v) is 5.75. The smallest absolute Gasteiger partial charge is 0.150 e. The van der Waals surface area contributed by atoms with Crippen molar-refractivity contribution in [2.75, 3.05) is 11.5 Å². The van der Waals surface area contributed by atoms with Crippen LogP contribution in [0.1, 0.15) is 11.3 Å². The van der Waals surface area contributed by atoms with E-state index >= 15 is 0 Å². The molecule has 1 aromatic carbocycles. The minimum absolute atomic E-state index is 0.887. The molecule has 2 N–H and O–H groups in total. The predicted molar refractivity (Wildman–Crippen MR) is 72.1 cm³/mol. The third-order valence-electron chi connectivity index (χ3n) is 2.25. The Balaban J connectivity index is 1.87. The number of thioether (sulfide) groups is 1. The maximum atomic E-state index is 5.88. The summed E-state index contributed by atoms with van der Waals surface area (Å²) in [4.78, 5) is 4.41. The summed E-state index contributed by atoms with van der Waals surface area (Å²) in [6.45, 7) is 2.02. The lowest BCUT2D eigenvalue weighted by atomic mass is 10.1. The van der Waals surface area contributed by atoms with E-state index in [1.807, 2.05) is 25.1 Å². The molecule has 0 aliphatic carbocycles. The van der Waals surface area contributed by atoms with E-state index in [0.717, 1.165) is 27.9 Å². The minimum atomic E-state index is 0.887. The molecule has 0 spiro atoms. The maximum Gasteiger partial charge on any atom is 0.150 e. The van der Waals surface area contributed by atoms with Crippen LogP contribution in [0.15, 0.2) is 34.0 Å². The number of aromatic nitrogens is 1. The SMILES string of the molecule is Cc1csc(SCCc2ccccc2N)n1. The first-order chi connectivity index (χ1) is 7.75. The van der Waals surface area contributed by atoms with Crippen molar-refractivity contribution in [1.82, 2.24) is 4.98 Å². The van der Waals surface area contributed by atoms with E-state index in [9.17, 15) is 0 Å². The lowest BCUT2D eigenvalue weighted by Crippen LogP contribution is -1.95. The minimum Gasteiger partial charge on any atom is -0.399 e. The molecule has 0 atom stereocenters. The Bertz CT molecular complexity index is 466. The van der Waals surface area contributed by atoms with Crippen molar-refractivity contribution in [2.24, 2.45) is 0 Å². The van der Waals surface area contributed by atoms with Crippen LogP contribution in [0.5, 0.6) is 0 Å². The van der Waals surface area contributed by atoms with Crippen LogP contribution in [0, 0.1) is 6.92 Å². The van der Waals surface area contributed by atoms with Crippen molar-refractivity contribution >= 4 is 28.8 Å². The first kappa shape index (κ1) is 11.5. The Labute approximate surface area is 104 Å². The Morgan fingerprint density at radius 3 is 2.88 bits per heavy atom. The van der Waals surface area contributed by atoms with Gasteiger partial charge in [0.1, 0.15) is 4.34 Å². The van der Waals surface area contributed by atoms with Gasteiger partial charge >= 0.3 is 0 Å². The van der Waals surface area contributed by atoms with Crippen molar-refractivity contribution in [3.05, 3.63) is 40.9 Å². The average molecular weight is 250 g/mol. The van der Waals surface area contributed by atoms with Crippen molar-refractivity contribution in [3.63, 3.8) is 0 Å². The van der Waals surface area contributed by atoms with Crippen LogP contribution in [0.4, 0.5) is 5.69 Å².